The van der Waals surface area contributed by atoms with Crippen molar-refractivity contribution in [2.24, 2.45) is 7.05 Å². The van der Waals surface area contributed by atoms with Crippen LogP contribution in [0.25, 0.3) is 10.1 Å². The van der Waals surface area contributed by atoms with Gasteiger partial charge in [0.15, 0.2) is 0 Å². The summed E-state index contributed by atoms with van der Waals surface area (Å²) >= 11 is 1.38. The lowest BCUT2D eigenvalue weighted by atomic mass is 10.2. The molecule has 2 heterocycles. The molecule has 0 spiro atoms. The normalized spacial score (nSPS) is 13.1. The van der Waals surface area contributed by atoms with Crippen molar-refractivity contribution in [1.82, 2.24) is 9.78 Å². The van der Waals surface area contributed by atoms with Gasteiger partial charge in [0.25, 0.3) is 0 Å². The quantitative estimate of drug-likeness (QED) is 0.771. The van der Waals surface area contributed by atoms with E-state index in [1.165, 1.54) is 23.5 Å². The van der Waals surface area contributed by atoms with E-state index in [1.54, 1.807) is 30.1 Å². The standard InChI is InChI=1S/C13H11FN2OS/c1-16-5-4-10(15-16)13(17)12-6-8-2-3-9(14)7-11(8)18-12/h2-7,13,17H,1H3. The lowest BCUT2D eigenvalue weighted by Crippen LogP contribution is -1.99. The van der Waals surface area contributed by atoms with E-state index in [0.717, 1.165) is 15.0 Å². The maximum atomic E-state index is 13.1. The predicted octanol–water partition coefficient (Wildman–Crippen LogP) is 2.86. The van der Waals surface area contributed by atoms with Crippen LogP contribution in [0.1, 0.15) is 16.7 Å². The number of thiophene rings is 1. The van der Waals surface area contributed by atoms with Crippen LogP contribution in [-0.2, 0) is 7.05 Å². The van der Waals surface area contributed by atoms with Gasteiger partial charge in [-0.05, 0) is 29.7 Å². The molecule has 0 aliphatic rings. The number of rotatable bonds is 2. The fourth-order valence-corrected chi connectivity index (χ4v) is 2.97. The van der Waals surface area contributed by atoms with Gasteiger partial charge in [-0.1, -0.05) is 6.07 Å². The molecular formula is C13H11FN2OS. The van der Waals surface area contributed by atoms with Crippen molar-refractivity contribution in [2.75, 3.05) is 0 Å². The van der Waals surface area contributed by atoms with Crippen molar-refractivity contribution in [3.05, 3.63) is 52.9 Å². The van der Waals surface area contributed by atoms with Gasteiger partial charge in [0.2, 0.25) is 0 Å². The van der Waals surface area contributed by atoms with Gasteiger partial charge in [0, 0.05) is 22.8 Å². The minimum atomic E-state index is -0.758. The molecule has 18 heavy (non-hydrogen) atoms. The average Bonchev–Trinajstić information content (AvgIpc) is 2.93. The molecule has 0 aliphatic carbocycles. The molecule has 0 saturated carbocycles. The Kier molecular flexibility index (Phi) is 2.65. The van der Waals surface area contributed by atoms with E-state index < -0.39 is 6.10 Å². The second-order valence-corrected chi connectivity index (χ2v) is 5.26. The molecule has 0 fully saturated rings. The molecule has 3 nitrogen and oxygen atoms in total. The number of aliphatic hydroxyl groups excluding tert-OH is 1. The van der Waals surface area contributed by atoms with Crippen LogP contribution in [0.5, 0.6) is 0 Å². The summed E-state index contributed by atoms with van der Waals surface area (Å²) in [7, 11) is 1.80. The van der Waals surface area contributed by atoms with Crippen molar-refractivity contribution in [3.8, 4) is 0 Å². The molecule has 5 heteroatoms. The second-order valence-electron chi connectivity index (χ2n) is 4.15. The third-order valence-corrected chi connectivity index (χ3v) is 3.94. The number of aryl methyl sites for hydroxylation is 1. The van der Waals surface area contributed by atoms with Crippen LogP contribution in [0, 0.1) is 5.82 Å². The van der Waals surface area contributed by atoms with E-state index in [0.29, 0.717) is 5.69 Å². The van der Waals surface area contributed by atoms with E-state index >= 15 is 0 Å². The number of hydrogen-bond donors (Lipinski definition) is 1. The molecule has 1 atom stereocenters. The molecule has 0 aliphatic heterocycles. The zero-order valence-corrected chi connectivity index (χ0v) is 10.5. The Morgan fingerprint density at radius 3 is 2.89 bits per heavy atom. The second kappa shape index (κ2) is 4.19. The van der Waals surface area contributed by atoms with Crippen LogP contribution in [0.15, 0.2) is 36.5 Å². The first kappa shape index (κ1) is 11.4. The Morgan fingerprint density at radius 2 is 2.17 bits per heavy atom. The molecular weight excluding hydrogens is 251 g/mol. The monoisotopic (exact) mass is 262 g/mol. The van der Waals surface area contributed by atoms with Gasteiger partial charge in [0.1, 0.15) is 11.9 Å². The van der Waals surface area contributed by atoms with Gasteiger partial charge in [-0.3, -0.25) is 4.68 Å². The highest BCUT2D eigenvalue weighted by atomic mass is 32.1. The number of aliphatic hydroxyl groups is 1. The molecule has 1 N–H and O–H groups in total. The van der Waals surface area contributed by atoms with Gasteiger partial charge in [-0.2, -0.15) is 5.10 Å². The maximum Gasteiger partial charge on any atom is 0.132 e. The molecule has 3 rings (SSSR count). The fourth-order valence-electron chi connectivity index (χ4n) is 1.88. The number of nitrogens with zero attached hydrogens (tertiary/aromatic N) is 2. The number of aromatic nitrogens is 2. The van der Waals surface area contributed by atoms with Crippen molar-refractivity contribution in [2.45, 2.75) is 6.10 Å². The summed E-state index contributed by atoms with van der Waals surface area (Å²) in [5, 5.41) is 15.3. The minimum absolute atomic E-state index is 0.261. The number of hydrogen-bond acceptors (Lipinski definition) is 3. The molecule has 1 aromatic carbocycles. The fraction of sp³-hybridized carbons (Fsp3) is 0.154. The van der Waals surface area contributed by atoms with Crippen LogP contribution in [0.2, 0.25) is 0 Å². The van der Waals surface area contributed by atoms with E-state index in [4.69, 9.17) is 0 Å². The Labute approximate surface area is 107 Å². The Balaban J connectivity index is 2.03. The zero-order valence-electron chi connectivity index (χ0n) is 9.67. The summed E-state index contributed by atoms with van der Waals surface area (Å²) in [4.78, 5) is 0.773. The summed E-state index contributed by atoms with van der Waals surface area (Å²) in [5.74, 6) is -0.261. The third-order valence-electron chi connectivity index (χ3n) is 2.79. The highest BCUT2D eigenvalue weighted by Crippen LogP contribution is 2.32. The van der Waals surface area contributed by atoms with Crippen LogP contribution in [0.4, 0.5) is 4.39 Å². The van der Waals surface area contributed by atoms with Crippen LogP contribution in [0.3, 0.4) is 0 Å². The van der Waals surface area contributed by atoms with E-state index in [-0.39, 0.29) is 5.82 Å². The van der Waals surface area contributed by atoms with Crippen LogP contribution < -0.4 is 0 Å². The van der Waals surface area contributed by atoms with Gasteiger partial charge in [-0.25, -0.2) is 4.39 Å². The van der Waals surface area contributed by atoms with Gasteiger partial charge < -0.3 is 5.11 Å². The maximum absolute atomic E-state index is 13.1. The van der Waals surface area contributed by atoms with E-state index in [2.05, 4.69) is 5.10 Å². The number of halogens is 1. The van der Waals surface area contributed by atoms with Crippen LogP contribution in [-0.4, -0.2) is 14.9 Å². The Bertz CT molecular complexity index is 704. The smallest absolute Gasteiger partial charge is 0.132 e. The number of benzene rings is 1. The largest absolute Gasteiger partial charge is 0.381 e. The molecule has 0 amide bonds. The highest BCUT2D eigenvalue weighted by Gasteiger charge is 2.16. The van der Waals surface area contributed by atoms with Crippen molar-refractivity contribution < 1.29 is 9.50 Å². The molecule has 0 saturated heterocycles. The first-order valence-electron chi connectivity index (χ1n) is 5.50. The SMILES string of the molecule is Cn1ccc(C(O)c2cc3ccc(F)cc3s2)n1. The van der Waals surface area contributed by atoms with Crippen molar-refractivity contribution in [3.63, 3.8) is 0 Å². The molecule has 2 aromatic heterocycles. The van der Waals surface area contributed by atoms with E-state index in [9.17, 15) is 9.50 Å². The minimum Gasteiger partial charge on any atom is -0.381 e. The summed E-state index contributed by atoms with van der Waals surface area (Å²) in [6.45, 7) is 0. The van der Waals surface area contributed by atoms with Gasteiger partial charge in [-0.15, -0.1) is 11.3 Å². The molecule has 3 aromatic rings. The molecule has 0 radical (unpaired) electrons. The third kappa shape index (κ3) is 1.91. The average molecular weight is 262 g/mol. The van der Waals surface area contributed by atoms with Crippen molar-refractivity contribution in [1.29, 1.82) is 0 Å². The lowest BCUT2D eigenvalue weighted by Gasteiger charge is -2.03. The van der Waals surface area contributed by atoms with Crippen LogP contribution >= 0.6 is 11.3 Å². The summed E-state index contributed by atoms with van der Waals surface area (Å²) in [5.41, 5.74) is 0.601. The summed E-state index contributed by atoms with van der Waals surface area (Å²) in [6.07, 6.45) is 1.03. The lowest BCUT2D eigenvalue weighted by molar-refractivity contribution is 0.218. The topological polar surface area (TPSA) is 38.0 Å². The summed E-state index contributed by atoms with van der Waals surface area (Å²) < 4.78 is 15.6. The Morgan fingerprint density at radius 1 is 1.33 bits per heavy atom. The zero-order chi connectivity index (χ0) is 12.7. The Hall–Kier alpha value is -1.72. The summed E-state index contributed by atoms with van der Waals surface area (Å²) in [6, 6.07) is 8.27. The highest BCUT2D eigenvalue weighted by molar-refractivity contribution is 7.19. The van der Waals surface area contributed by atoms with E-state index in [1.807, 2.05) is 6.07 Å². The number of fused-ring (bicyclic) bond motifs is 1. The molecule has 1 unspecified atom stereocenters. The molecule has 0 bridgehead atoms. The van der Waals surface area contributed by atoms with Gasteiger partial charge >= 0.3 is 0 Å². The van der Waals surface area contributed by atoms with Crippen molar-refractivity contribution >= 4 is 21.4 Å². The van der Waals surface area contributed by atoms with Gasteiger partial charge in [0.05, 0.1) is 5.69 Å². The molecule has 92 valence electrons. The predicted molar refractivity (Wildman–Crippen MR) is 69.1 cm³/mol. The first-order chi connectivity index (χ1) is 8.63. The first-order valence-corrected chi connectivity index (χ1v) is 6.32.